The average Bonchev–Trinajstić information content (AvgIpc) is 2.18. The second-order valence-corrected chi connectivity index (χ2v) is 3.09. The molecule has 0 radical (unpaired) electrons. The van der Waals surface area contributed by atoms with E-state index in [1.165, 1.54) is 0 Å². The fraction of sp³-hybridized carbons (Fsp3) is 0.455. The second-order valence-electron chi connectivity index (χ2n) is 3.09. The zero-order chi connectivity index (χ0) is 9.68. The molecular formula is C11H19Cl2NO. The van der Waals surface area contributed by atoms with Gasteiger partial charge in [0.25, 0.3) is 0 Å². The number of rotatable bonds is 4. The molecule has 15 heavy (non-hydrogen) atoms. The summed E-state index contributed by atoms with van der Waals surface area (Å²) in [4.78, 5) is 2.21. The lowest BCUT2D eigenvalue weighted by Crippen LogP contribution is -2.18. The number of hydrogen-bond donors (Lipinski definition) is 0. The van der Waals surface area contributed by atoms with Crippen LogP contribution in [0.5, 0.6) is 5.75 Å². The van der Waals surface area contributed by atoms with Gasteiger partial charge in [-0.25, -0.2) is 0 Å². The van der Waals surface area contributed by atoms with Gasteiger partial charge in [0.15, 0.2) is 0 Å². The molecule has 0 unspecified atom stereocenters. The molecule has 0 aromatic heterocycles. The number of nitrogens with zero attached hydrogens (tertiary/aromatic N) is 1. The fourth-order valence-corrected chi connectivity index (χ4v) is 1.40. The summed E-state index contributed by atoms with van der Waals surface area (Å²) in [6.07, 6.45) is 1.15. The molecule has 0 aliphatic carbocycles. The van der Waals surface area contributed by atoms with Gasteiger partial charge in [-0.15, -0.1) is 24.8 Å². The minimum absolute atomic E-state index is 0. The molecule has 0 heterocycles. The van der Waals surface area contributed by atoms with Crippen LogP contribution in [0.4, 0.5) is 5.69 Å². The molecule has 0 saturated heterocycles. The van der Waals surface area contributed by atoms with Gasteiger partial charge >= 0.3 is 0 Å². The molecule has 0 N–H and O–H groups in total. The molecule has 4 heteroatoms. The van der Waals surface area contributed by atoms with Crippen LogP contribution in [-0.2, 0) is 0 Å². The van der Waals surface area contributed by atoms with Crippen LogP contribution in [0.1, 0.15) is 13.3 Å². The van der Waals surface area contributed by atoms with Crippen molar-refractivity contribution in [1.29, 1.82) is 0 Å². The minimum atomic E-state index is 0. The van der Waals surface area contributed by atoms with Gasteiger partial charge in [-0.05, 0) is 18.6 Å². The Hall–Kier alpha value is -0.600. The third kappa shape index (κ3) is 4.63. The van der Waals surface area contributed by atoms with Crippen LogP contribution in [0.25, 0.3) is 0 Å². The molecule has 0 saturated carbocycles. The number of hydrogen-bond acceptors (Lipinski definition) is 2. The minimum Gasteiger partial charge on any atom is -0.495 e. The third-order valence-electron chi connectivity index (χ3n) is 2.06. The van der Waals surface area contributed by atoms with Crippen molar-refractivity contribution in [3.05, 3.63) is 24.3 Å². The van der Waals surface area contributed by atoms with Crippen molar-refractivity contribution in [3.8, 4) is 5.75 Å². The molecule has 0 amide bonds. The molecule has 0 aliphatic rings. The van der Waals surface area contributed by atoms with Crippen molar-refractivity contribution in [1.82, 2.24) is 0 Å². The summed E-state index contributed by atoms with van der Waals surface area (Å²) in [5.74, 6) is 0.943. The van der Waals surface area contributed by atoms with Crippen LogP contribution in [0, 0.1) is 0 Å². The monoisotopic (exact) mass is 251 g/mol. The largest absolute Gasteiger partial charge is 0.495 e. The summed E-state index contributed by atoms with van der Waals surface area (Å²) in [5, 5.41) is 0. The van der Waals surface area contributed by atoms with E-state index in [1.807, 2.05) is 18.2 Å². The van der Waals surface area contributed by atoms with E-state index >= 15 is 0 Å². The molecule has 88 valence electrons. The molecule has 0 aliphatic heterocycles. The van der Waals surface area contributed by atoms with Crippen LogP contribution >= 0.6 is 24.8 Å². The number of halogens is 2. The zero-order valence-corrected chi connectivity index (χ0v) is 11.0. The summed E-state index contributed by atoms with van der Waals surface area (Å²) in [6.45, 7) is 3.23. The number of ether oxygens (including phenoxy) is 1. The standard InChI is InChI=1S/C11H17NO.2ClH/c1-4-9-12(2)10-7-5-6-8-11(10)13-3;;/h5-8H,4,9H2,1-3H3;2*1H. The Balaban J connectivity index is 0. The number of benzene rings is 1. The van der Waals surface area contributed by atoms with Crippen molar-refractivity contribution < 1.29 is 4.74 Å². The molecule has 1 rings (SSSR count). The molecule has 2 nitrogen and oxygen atoms in total. The Bertz CT molecular complexity index is 269. The molecule has 0 atom stereocenters. The molecule has 1 aromatic carbocycles. The van der Waals surface area contributed by atoms with Gasteiger partial charge < -0.3 is 9.64 Å². The highest BCUT2D eigenvalue weighted by Gasteiger charge is 2.04. The van der Waals surface area contributed by atoms with Gasteiger partial charge in [0.1, 0.15) is 5.75 Å². The van der Waals surface area contributed by atoms with Crippen LogP contribution in [-0.4, -0.2) is 20.7 Å². The first-order valence-corrected chi connectivity index (χ1v) is 4.63. The Morgan fingerprint density at radius 1 is 1.20 bits per heavy atom. The summed E-state index contributed by atoms with van der Waals surface area (Å²) in [5.41, 5.74) is 1.16. The number of methoxy groups -OCH3 is 1. The highest BCUT2D eigenvalue weighted by molar-refractivity contribution is 5.85. The Morgan fingerprint density at radius 2 is 1.80 bits per heavy atom. The van der Waals surface area contributed by atoms with Crippen LogP contribution in [0.3, 0.4) is 0 Å². The lowest BCUT2D eigenvalue weighted by atomic mass is 10.2. The molecule has 0 fully saturated rings. The Morgan fingerprint density at radius 3 is 2.33 bits per heavy atom. The zero-order valence-electron chi connectivity index (χ0n) is 9.40. The van der Waals surface area contributed by atoms with Crippen molar-refractivity contribution in [3.63, 3.8) is 0 Å². The highest BCUT2D eigenvalue weighted by atomic mass is 35.5. The second kappa shape index (κ2) is 8.69. The normalized spacial score (nSPS) is 8.47. The van der Waals surface area contributed by atoms with Crippen LogP contribution < -0.4 is 9.64 Å². The highest BCUT2D eigenvalue weighted by Crippen LogP contribution is 2.26. The molecule has 0 spiro atoms. The summed E-state index contributed by atoms with van der Waals surface area (Å²) >= 11 is 0. The van der Waals surface area contributed by atoms with E-state index < -0.39 is 0 Å². The maximum Gasteiger partial charge on any atom is 0.142 e. The first-order chi connectivity index (χ1) is 6.29. The SMILES string of the molecule is CCCN(C)c1ccccc1OC.Cl.Cl. The summed E-state index contributed by atoms with van der Waals surface area (Å²) < 4.78 is 5.27. The predicted molar refractivity (Wildman–Crippen MR) is 71.1 cm³/mol. The lowest BCUT2D eigenvalue weighted by molar-refractivity contribution is 0.415. The predicted octanol–water partition coefficient (Wildman–Crippen LogP) is 3.39. The maximum atomic E-state index is 5.27. The smallest absolute Gasteiger partial charge is 0.142 e. The third-order valence-corrected chi connectivity index (χ3v) is 2.06. The fourth-order valence-electron chi connectivity index (χ4n) is 1.40. The van der Waals surface area contributed by atoms with Gasteiger partial charge in [-0.2, -0.15) is 0 Å². The first kappa shape index (κ1) is 16.8. The van der Waals surface area contributed by atoms with E-state index in [0.717, 1.165) is 24.4 Å². The molecule has 0 bridgehead atoms. The summed E-state index contributed by atoms with van der Waals surface area (Å²) in [6, 6.07) is 8.09. The van der Waals surface area contributed by atoms with Gasteiger partial charge in [-0.3, -0.25) is 0 Å². The van der Waals surface area contributed by atoms with Crippen LogP contribution in [0.15, 0.2) is 24.3 Å². The van der Waals surface area contributed by atoms with E-state index in [2.05, 4.69) is 24.9 Å². The van der Waals surface area contributed by atoms with Gasteiger partial charge in [0, 0.05) is 13.6 Å². The van der Waals surface area contributed by atoms with E-state index in [9.17, 15) is 0 Å². The van der Waals surface area contributed by atoms with Crippen molar-refractivity contribution >= 4 is 30.5 Å². The van der Waals surface area contributed by atoms with Crippen molar-refractivity contribution in [2.45, 2.75) is 13.3 Å². The van der Waals surface area contributed by atoms with E-state index in [1.54, 1.807) is 7.11 Å². The Kier molecular flexibility index (Phi) is 9.74. The average molecular weight is 252 g/mol. The van der Waals surface area contributed by atoms with Crippen molar-refractivity contribution in [2.75, 3.05) is 25.6 Å². The quantitative estimate of drug-likeness (QED) is 0.814. The number of anilines is 1. The van der Waals surface area contributed by atoms with Crippen molar-refractivity contribution in [2.24, 2.45) is 0 Å². The number of para-hydroxylation sites is 2. The van der Waals surface area contributed by atoms with E-state index in [0.29, 0.717) is 0 Å². The first-order valence-electron chi connectivity index (χ1n) is 4.63. The van der Waals surface area contributed by atoms with Gasteiger partial charge in [0.2, 0.25) is 0 Å². The van der Waals surface area contributed by atoms with E-state index in [4.69, 9.17) is 4.74 Å². The van der Waals surface area contributed by atoms with Crippen LogP contribution in [0.2, 0.25) is 0 Å². The summed E-state index contributed by atoms with van der Waals surface area (Å²) in [7, 11) is 3.79. The molecule has 1 aromatic rings. The molecular weight excluding hydrogens is 233 g/mol. The van der Waals surface area contributed by atoms with Gasteiger partial charge in [-0.1, -0.05) is 19.1 Å². The maximum absolute atomic E-state index is 5.27. The topological polar surface area (TPSA) is 12.5 Å². The van der Waals surface area contributed by atoms with Gasteiger partial charge in [0.05, 0.1) is 12.8 Å². The Labute approximate surface area is 104 Å². The van der Waals surface area contributed by atoms with E-state index in [-0.39, 0.29) is 24.8 Å². The lowest BCUT2D eigenvalue weighted by Gasteiger charge is -2.20.